The molecular weight excluding hydrogens is 206 g/mol. The summed E-state index contributed by atoms with van der Waals surface area (Å²) >= 11 is 0. The average molecular weight is 234 g/mol. The predicted octanol–water partition coefficient (Wildman–Crippen LogP) is 5.24. The van der Waals surface area contributed by atoms with E-state index in [9.17, 15) is 0 Å². The van der Waals surface area contributed by atoms with E-state index >= 15 is 0 Å². The van der Waals surface area contributed by atoms with Crippen LogP contribution < -0.4 is 0 Å². The Hall–Kier alpha value is -0.560. The molecule has 0 heterocycles. The first kappa shape index (κ1) is 14.5. The number of hydrogen-bond acceptors (Lipinski definition) is 0. The van der Waals surface area contributed by atoms with Crippen molar-refractivity contribution in [1.29, 1.82) is 0 Å². The first-order valence-corrected chi connectivity index (χ1v) is 6.88. The van der Waals surface area contributed by atoms with Crippen molar-refractivity contribution < 1.29 is 0 Å². The molecule has 0 N–H and O–H groups in total. The van der Waals surface area contributed by atoms with Gasteiger partial charge in [0.25, 0.3) is 0 Å². The number of nitrogens with zero attached hydrogens (tertiary/aromatic N) is 1. The third-order valence-electron chi connectivity index (χ3n) is 4.21. The molecule has 1 aliphatic rings. The van der Waals surface area contributed by atoms with Gasteiger partial charge in [-0.05, 0) is 46.0 Å². The molecule has 1 aliphatic carbocycles. The minimum atomic E-state index is 0.261. The summed E-state index contributed by atoms with van der Waals surface area (Å²) in [6, 6.07) is 0. The van der Waals surface area contributed by atoms with Gasteiger partial charge in [-0.2, -0.15) is 7.05 Å². The van der Waals surface area contributed by atoms with E-state index in [-0.39, 0.29) is 5.54 Å². The van der Waals surface area contributed by atoms with Crippen molar-refractivity contribution in [2.75, 3.05) is 7.05 Å². The largest absolute Gasteiger partial charge is 0.660 e. The Morgan fingerprint density at radius 3 is 2.24 bits per heavy atom. The zero-order valence-electron chi connectivity index (χ0n) is 12.2. The molecule has 98 valence electrons. The van der Waals surface area contributed by atoms with Gasteiger partial charge >= 0.3 is 0 Å². The second-order valence-electron chi connectivity index (χ2n) is 5.96. The Bertz CT molecular complexity index is 287. The molecule has 0 aliphatic heterocycles. The Morgan fingerprint density at radius 2 is 1.76 bits per heavy atom. The Kier molecular flexibility index (Phi) is 5.45. The van der Waals surface area contributed by atoms with Crippen molar-refractivity contribution in [2.24, 2.45) is 5.92 Å². The van der Waals surface area contributed by atoms with Crippen LogP contribution in [-0.2, 0) is 0 Å². The third-order valence-corrected chi connectivity index (χ3v) is 4.21. The van der Waals surface area contributed by atoms with Gasteiger partial charge in [0, 0.05) is 0 Å². The van der Waals surface area contributed by atoms with Crippen LogP contribution in [-0.4, -0.2) is 12.6 Å². The van der Waals surface area contributed by atoms with Gasteiger partial charge in [-0.15, -0.1) is 5.54 Å². The average Bonchev–Trinajstić information content (AvgIpc) is 2.29. The van der Waals surface area contributed by atoms with Crippen molar-refractivity contribution in [3.05, 3.63) is 28.6 Å². The van der Waals surface area contributed by atoms with Gasteiger partial charge in [0.05, 0.1) is 0 Å². The summed E-state index contributed by atoms with van der Waals surface area (Å²) in [5.74, 6) is 0.801. The normalized spacial score (nSPS) is 30.2. The first-order chi connectivity index (χ1) is 7.97. The zero-order chi connectivity index (χ0) is 12.9. The first-order valence-electron chi connectivity index (χ1n) is 6.88. The molecule has 0 radical (unpaired) electrons. The summed E-state index contributed by atoms with van der Waals surface area (Å²) < 4.78 is 0. The summed E-state index contributed by atoms with van der Waals surface area (Å²) in [7, 11) is 1.97. The molecule has 0 aromatic heterocycles. The fourth-order valence-corrected chi connectivity index (χ4v) is 2.57. The molecule has 0 atom stereocenters. The fraction of sp³-hybridized carbons (Fsp3) is 0.750. The summed E-state index contributed by atoms with van der Waals surface area (Å²) in [5.41, 5.74) is 3.26. The van der Waals surface area contributed by atoms with Gasteiger partial charge in [0.1, 0.15) is 0 Å². The molecule has 17 heavy (non-hydrogen) atoms. The Labute approximate surface area is 107 Å². The Balaban J connectivity index is 2.45. The molecule has 0 aromatic carbocycles. The van der Waals surface area contributed by atoms with Crippen LogP contribution in [0.15, 0.2) is 23.3 Å². The molecule has 0 aromatic rings. The number of hydrogen-bond donors (Lipinski definition) is 0. The SMILES string of the molecule is C[N-]C1(C)CCC(C(C)=CCC=C(C)C)CC1. The number of allylic oxidation sites excluding steroid dienone is 4. The highest BCUT2D eigenvalue weighted by Crippen LogP contribution is 2.39. The van der Waals surface area contributed by atoms with Gasteiger partial charge in [0.15, 0.2) is 0 Å². The lowest BCUT2D eigenvalue weighted by Crippen LogP contribution is -2.29. The molecule has 0 bridgehead atoms. The second-order valence-corrected chi connectivity index (χ2v) is 5.96. The van der Waals surface area contributed by atoms with E-state index in [4.69, 9.17) is 0 Å². The van der Waals surface area contributed by atoms with Crippen molar-refractivity contribution in [3.63, 3.8) is 0 Å². The minimum absolute atomic E-state index is 0.261. The lowest BCUT2D eigenvalue weighted by molar-refractivity contribution is 0.303. The second kappa shape index (κ2) is 6.39. The highest BCUT2D eigenvalue weighted by molar-refractivity contribution is 5.12. The van der Waals surface area contributed by atoms with Crippen molar-refractivity contribution >= 4 is 0 Å². The summed E-state index contributed by atoms with van der Waals surface area (Å²) in [4.78, 5) is 0. The van der Waals surface area contributed by atoms with E-state index in [0.717, 1.165) is 12.3 Å². The smallest absolute Gasteiger partial charge is 0.0164 e. The molecule has 1 saturated carbocycles. The number of rotatable bonds is 4. The maximum atomic E-state index is 4.53. The van der Waals surface area contributed by atoms with Crippen LogP contribution >= 0.6 is 0 Å². The van der Waals surface area contributed by atoms with E-state index in [2.05, 4.69) is 45.2 Å². The van der Waals surface area contributed by atoms with Crippen LogP contribution in [0.1, 0.15) is 59.8 Å². The molecule has 1 heteroatoms. The minimum Gasteiger partial charge on any atom is -0.660 e. The van der Waals surface area contributed by atoms with E-state index in [1.165, 1.54) is 31.3 Å². The summed E-state index contributed by atoms with van der Waals surface area (Å²) in [5, 5.41) is 4.53. The van der Waals surface area contributed by atoms with E-state index < -0.39 is 0 Å². The predicted molar refractivity (Wildman–Crippen MR) is 77.5 cm³/mol. The molecule has 0 spiro atoms. The summed E-state index contributed by atoms with van der Waals surface area (Å²) in [6.07, 6.45) is 10.9. The molecule has 0 amide bonds. The molecule has 1 nitrogen and oxygen atoms in total. The van der Waals surface area contributed by atoms with Gasteiger partial charge in [0.2, 0.25) is 0 Å². The van der Waals surface area contributed by atoms with Crippen LogP contribution in [0.3, 0.4) is 0 Å². The molecule has 0 saturated heterocycles. The van der Waals surface area contributed by atoms with Crippen molar-refractivity contribution in [2.45, 2.75) is 65.3 Å². The van der Waals surface area contributed by atoms with E-state index in [0.29, 0.717) is 0 Å². The fourth-order valence-electron chi connectivity index (χ4n) is 2.57. The van der Waals surface area contributed by atoms with Crippen LogP contribution in [0.4, 0.5) is 0 Å². The highest BCUT2D eigenvalue weighted by Gasteiger charge is 2.23. The van der Waals surface area contributed by atoms with Crippen LogP contribution in [0.2, 0.25) is 0 Å². The quantitative estimate of drug-likeness (QED) is 0.590. The Morgan fingerprint density at radius 1 is 1.18 bits per heavy atom. The summed E-state index contributed by atoms with van der Waals surface area (Å²) in [6.45, 7) is 8.93. The van der Waals surface area contributed by atoms with Gasteiger partial charge in [-0.25, -0.2) is 0 Å². The van der Waals surface area contributed by atoms with Gasteiger partial charge in [-0.3, -0.25) is 0 Å². The lowest BCUT2D eigenvalue weighted by atomic mass is 9.75. The topological polar surface area (TPSA) is 14.1 Å². The monoisotopic (exact) mass is 234 g/mol. The third kappa shape index (κ3) is 4.67. The maximum Gasteiger partial charge on any atom is -0.0164 e. The molecule has 0 unspecified atom stereocenters. The molecule has 1 rings (SSSR count). The van der Waals surface area contributed by atoms with Gasteiger partial charge in [-0.1, -0.05) is 43.1 Å². The highest BCUT2D eigenvalue weighted by atomic mass is 14.9. The van der Waals surface area contributed by atoms with Crippen LogP contribution in [0, 0.1) is 5.92 Å². The van der Waals surface area contributed by atoms with Gasteiger partial charge < -0.3 is 5.32 Å². The lowest BCUT2D eigenvalue weighted by Gasteiger charge is -2.47. The van der Waals surface area contributed by atoms with E-state index in [1.54, 1.807) is 5.57 Å². The molecular formula is C16H28N-. The van der Waals surface area contributed by atoms with Crippen LogP contribution in [0.5, 0.6) is 0 Å². The van der Waals surface area contributed by atoms with Crippen molar-refractivity contribution in [1.82, 2.24) is 0 Å². The molecule has 1 fully saturated rings. The van der Waals surface area contributed by atoms with Crippen LogP contribution in [0.25, 0.3) is 5.32 Å². The van der Waals surface area contributed by atoms with E-state index in [1.807, 2.05) is 7.05 Å². The zero-order valence-corrected chi connectivity index (χ0v) is 12.2. The maximum absolute atomic E-state index is 4.53. The van der Waals surface area contributed by atoms with Crippen molar-refractivity contribution in [3.8, 4) is 0 Å². The standard InChI is InChI=1S/C16H28N/c1-13(2)7-6-8-14(3)15-9-11-16(4,17-5)12-10-15/h7-8,15H,6,9-12H2,1-5H3/q-1.